The maximum absolute atomic E-state index is 12.1. The second kappa shape index (κ2) is 28.9. The van der Waals surface area contributed by atoms with Crippen molar-refractivity contribution in [1.82, 2.24) is 0 Å². The maximum Gasteiger partial charge on any atom is 0.306 e. The SMILES string of the molecule is CCCCCCCCCCCCCCCCC(=O)O[C@@H](CO)COC(=O)CCCCCCCCCC(C)C. The van der Waals surface area contributed by atoms with Gasteiger partial charge in [-0.3, -0.25) is 9.59 Å². The Balaban J connectivity index is 3.55. The van der Waals surface area contributed by atoms with Crippen LogP contribution in [0.4, 0.5) is 0 Å². The highest BCUT2D eigenvalue weighted by molar-refractivity contribution is 5.70. The molecule has 0 radical (unpaired) electrons. The van der Waals surface area contributed by atoms with Crippen LogP contribution in [0.2, 0.25) is 0 Å². The second-order valence-electron chi connectivity index (χ2n) is 11.7. The van der Waals surface area contributed by atoms with Crippen molar-refractivity contribution >= 4 is 11.9 Å². The van der Waals surface area contributed by atoms with E-state index < -0.39 is 6.10 Å². The molecule has 5 heteroatoms. The van der Waals surface area contributed by atoms with Crippen LogP contribution in [-0.2, 0) is 19.1 Å². The molecule has 0 saturated carbocycles. The Kier molecular flexibility index (Phi) is 28.1. The summed E-state index contributed by atoms with van der Waals surface area (Å²) in [5.74, 6) is 0.208. The lowest BCUT2D eigenvalue weighted by Crippen LogP contribution is -2.28. The number of rotatable bonds is 29. The Morgan fingerprint density at radius 3 is 1.39 bits per heavy atom. The van der Waals surface area contributed by atoms with Gasteiger partial charge in [0, 0.05) is 12.8 Å². The number of ether oxygens (including phenoxy) is 2. The van der Waals surface area contributed by atoms with E-state index in [2.05, 4.69) is 20.8 Å². The summed E-state index contributed by atoms with van der Waals surface area (Å²) >= 11 is 0. The van der Waals surface area contributed by atoms with Gasteiger partial charge in [-0.1, -0.05) is 149 Å². The highest BCUT2D eigenvalue weighted by atomic mass is 16.6. The smallest absolute Gasteiger partial charge is 0.306 e. The first-order chi connectivity index (χ1) is 18.5. The molecular formula is C33H64O5. The van der Waals surface area contributed by atoms with Crippen molar-refractivity contribution in [2.45, 2.75) is 181 Å². The van der Waals surface area contributed by atoms with Gasteiger partial charge < -0.3 is 14.6 Å². The normalized spacial score (nSPS) is 12.1. The number of aliphatic hydroxyl groups is 1. The largest absolute Gasteiger partial charge is 0.462 e. The van der Waals surface area contributed by atoms with Gasteiger partial charge in [-0.2, -0.15) is 0 Å². The van der Waals surface area contributed by atoms with Crippen molar-refractivity contribution in [2.75, 3.05) is 13.2 Å². The van der Waals surface area contributed by atoms with Gasteiger partial charge in [-0.15, -0.1) is 0 Å². The predicted octanol–water partition coefficient (Wildman–Crippen LogP) is 9.47. The molecule has 0 unspecified atom stereocenters. The van der Waals surface area contributed by atoms with Gasteiger partial charge in [0.15, 0.2) is 6.10 Å². The van der Waals surface area contributed by atoms with E-state index in [0.717, 1.165) is 44.4 Å². The van der Waals surface area contributed by atoms with E-state index >= 15 is 0 Å². The molecule has 0 aromatic heterocycles. The Morgan fingerprint density at radius 1 is 0.579 bits per heavy atom. The third-order valence-corrected chi connectivity index (χ3v) is 7.33. The fourth-order valence-corrected chi connectivity index (χ4v) is 4.80. The summed E-state index contributed by atoms with van der Waals surface area (Å²) in [6, 6.07) is 0. The van der Waals surface area contributed by atoms with Crippen LogP contribution in [0.3, 0.4) is 0 Å². The molecular weight excluding hydrogens is 476 g/mol. The summed E-state index contributed by atoms with van der Waals surface area (Å²) in [5, 5.41) is 9.48. The van der Waals surface area contributed by atoms with Gasteiger partial charge in [0.25, 0.3) is 0 Å². The molecule has 0 amide bonds. The van der Waals surface area contributed by atoms with Gasteiger partial charge in [0.1, 0.15) is 6.61 Å². The number of carbonyl (C=O) groups excluding carboxylic acids is 2. The van der Waals surface area contributed by atoms with E-state index in [1.165, 1.54) is 103 Å². The molecule has 1 atom stereocenters. The zero-order valence-electron chi connectivity index (χ0n) is 25.6. The predicted molar refractivity (Wildman–Crippen MR) is 159 cm³/mol. The molecule has 5 nitrogen and oxygen atoms in total. The van der Waals surface area contributed by atoms with E-state index in [1.807, 2.05) is 0 Å². The molecule has 0 aromatic rings. The summed E-state index contributed by atoms with van der Waals surface area (Å²) in [5.41, 5.74) is 0. The zero-order chi connectivity index (χ0) is 28.1. The molecule has 0 aliphatic rings. The molecule has 0 heterocycles. The highest BCUT2D eigenvalue weighted by Gasteiger charge is 2.16. The first kappa shape index (κ1) is 36.9. The van der Waals surface area contributed by atoms with Gasteiger partial charge in [-0.05, 0) is 18.8 Å². The molecule has 0 rings (SSSR count). The monoisotopic (exact) mass is 540 g/mol. The minimum Gasteiger partial charge on any atom is -0.462 e. The van der Waals surface area contributed by atoms with Crippen molar-refractivity contribution in [2.24, 2.45) is 5.92 Å². The first-order valence-electron chi connectivity index (χ1n) is 16.5. The molecule has 38 heavy (non-hydrogen) atoms. The number of hydrogen-bond donors (Lipinski definition) is 1. The van der Waals surface area contributed by atoms with Crippen LogP contribution in [0.15, 0.2) is 0 Å². The molecule has 0 fully saturated rings. The average molecular weight is 541 g/mol. The van der Waals surface area contributed by atoms with Crippen LogP contribution >= 0.6 is 0 Å². The van der Waals surface area contributed by atoms with E-state index in [-0.39, 0.29) is 25.2 Å². The number of esters is 2. The van der Waals surface area contributed by atoms with Crippen LogP contribution < -0.4 is 0 Å². The van der Waals surface area contributed by atoms with Crippen LogP contribution in [-0.4, -0.2) is 36.4 Å². The number of unbranched alkanes of at least 4 members (excludes halogenated alkanes) is 19. The van der Waals surface area contributed by atoms with Crippen LogP contribution in [0.5, 0.6) is 0 Å². The lowest BCUT2D eigenvalue weighted by Gasteiger charge is -2.15. The van der Waals surface area contributed by atoms with Crippen molar-refractivity contribution in [3.8, 4) is 0 Å². The van der Waals surface area contributed by atoms with Gasteiger partial charge in [-0.25, -0.2) is 0 Å². The lowest BCUT2D eigenvalue weighted by molar-refractivity contribution is -0.161. The van der Waals surface area contributed by atoms with Crippen molar-refractivity contribution in [1.29, 1.82) is 0 Å². The molecule has 0 aliphatic heterocycles. The van der Waals surface area contributed by atoms with Crippen LogP contribution in [0.25, 0.3) is 0 Å². The van der Waals surface area contributed by atoms with Crippen molar-refractivity contribution in [3.63, 3.8) is 0 Å². The lowest BCUT2D eigenvalue weighted by atomic mass is 10.0. The standard InChI is InChI=1S/C33H64O5/c1-4-5-6-7-8-9-10-11-12-13-14-17-21-24-27-33(36)38-31(28-34)29-37-32(35)26-23-20-18-15-16-19-22-25-30(2)3/h30-31,34H,4-29H2,1-3H3/t31-/m0/s1. The Labute approximate surface area is 236 Å². The number of aliphatic hydroxyl groups excluding tert-OH is 1. The van der Waals surface area contributed by atoms with Gasteiger partial charge in [0.2, 0.25) is 0 Å². The summed E-state index contributed by atoms with van der Waals surface area (Å²) in [6.45, 7) is 6.42. The fraction of sp³-hybridized carbons (Fsp3) is 0.939. The van der Waals surface area contributed by atoms with E-state index in [9.17, 15) is 14.7 Å². The van der Waals surface area contributed by atoms with Crippen LogP contribution in [0.1, 0.15) is 175 Å². The van der Waals surface area contributed by atoms with E-state index in [0.29, 0.717) is 12.8 Å². The van der Waals surface area contributed by atoms with E-state index in [4.69, 9.17) is 9.47 Å². The third-order valence-electron chi connectivity index (χ3n) is 7.33. The van der Waals surface area contributed by atoms with Crippen molar-refractivity contribution < 1.29 is 24.2 Å². The minimum absolute atomic E-state index is 0.0599. The second-order valence-corrected chi connectivity index (χ2v) is 11.7. The molecule has 0 aliphatic carbocycles. The maximum atomic E-state index is 12.1. The van der Waals surface area contributed by atoms with Crippen LogP contribution in [0, 0.1) is 5.92 Å². The Bertz CT molecular complexity index is 520. The summed E-state index contributed by atoms with van der Waals surface area (Å²) < 4.78 is 10.5. The summed E-state index contributed by atoms with van der Waals surface area (Å²) in [7, 11) is 0. The van der Waals surface area contributed by atoms with Gasteiger partial charge in [0.05, 0.1) is 6.61 Å². The molecule has 0 saturated heterocycles. The average Bonchev–Trinajstić information content (AvgIpc) is 2.90. The van der Waals surface area contributed by atoms with Gasteiger partial charge >= 0.3 is 11.9 Å². The van der Waals surface area contributed by atoms with Crippen molar-refractivity contribution in [3.05, 3.63) is 0 Å². The number of carbonyl (C=O) groups is 2. The Hall–Kier alpha value is -1.10. The molecule has 0 spiro atoms. The fourth-order valence-electron chi connectivity index (χ4n) is 4.80. The molecule has 226 valence electrons. The first-order valence-corrected chi connectivity index (χ1v) is 16.5. The quantitative estimate of drug-likeness (QED) is 0.0755. The molecule has 0 aromatic carbocycles. The summed E-state index contributed by atoms with van der Waals surface area (Å²) in [4.78, 5) is 24.0. The third kappa shape index (κ3) is 27.9. The molecule has 1 N–H and O–H groups in total. The highest BCUT2D eigenvalue weighted by Crippen LogP contribution is 2.15. The minimum atomic E-state index is -0.760. The number of hydrogen-bond acceptors (Lipinski definition) is 5. The Morgan fingerprint density at radius 2 is 0.974 bits per heavy atom. The zero-order valence-corrected chi connectivity index (χ0v) is 25.6. The van der Waals surface area contributed by atoms with E-state index in [1.54, 1.807) is 0 Å². The summed E-state index contributed by atoms with van der Waals surface area (Å²) in [6.07, 6.45) is 27.3. The topological polar surface area (TPSA) is 72.8 Å². The molecule has 0 bridgehead atoms.